The van der Waals surface area contributed by atoms with E-state index >= 15 is 0 Å². The molecule has 19 heavy (non-hydrogen) atoms. The lowest BCUT2D eigenvalue weighted by atomic mass is 9.95. The maximum atomic E-state index is 10.1. The van der Waals surface area contributed by atoms with Gasteiger partial charge in [0.25, 0.3) is 0 Å². The SMILES string of the molecule is CCCCCC(O)c1ccc(C2CCC(Cl)C2)cc1. The van der Waals surface area contributed by atoms with Crippen molar-refractivity contribution in [1.82, 2.24) is 0 Å². The minimum absolute atomic E-state index is 0.301. The maximum absolute atomic E-state index is 10.1. The number of benzene rings is 1. The van der Waals surface area contributed by atoms with Crippen LogP contribution < -0.4 is 0 Å². The van der Waals surface area contributed by atoms with Gasteiger partial charge >= 0.3 is 0 Å². The molecular formula is C17H25ClO. The Labute approximate surface area is 122 Å². The molecule has 3 unspecified atom stereocenters. The van der Waals surface area contributed by atoms with Gasteiger partial charge in [0.05, 0.1) is 6.10 Å². The van der Waals surface area contributed by atoms with Gasteiger partial charge in [-0.25, -0.2) is 0 Å². The average Bonchev–Trinajstić information content (AvgIpc) is 2.86. The quantitative estimate of drug-likeness (QED) is 0.563. The molecule has 106 valence electrons. The molecular weight excluding hydrogens is 256 g/mol. The highest BCUT2D eigenvalue weighted by molar-refractivity contribution is 6.20. The number of alkyl halides is 1. The number of aliphatic hydroxyl groups excluding tert-OH is 1. The van der Waals surface area contributed by atoms with Crippen molar-refractivity contribution in [2.75, 3.05) is 0 Å². The van der Waals surface area contributed by atoms with Crippen molar-refractivity contribution >= 4 is 11.6 Å². The lowest BCUT2D eigenvalue weighted by Gasteiger charge is -2.14. The first-order valence-corrected chi connectivity index (χ1v) is 8.06. The number of aliphatic hydroxyl groups is 1. The maximum Gasteiger partial charge on any atom is 0.0790 e. The van der Waals surface area contributed by atoms with E-state index in [0.717, 1.165) is 31.2 Å². The van der Waals surface area contributed by atoms with Gasteiger partial charge in [-0.15, -0.1) is 11.6 Å². The van der Waals surface area contributed by atoms with Gasteiger partial charge in [-0.1, -0.05) is 50.5 Å². The summed E-state index contributed by atoms with van der Waals surface area (Å²) in [5.41, 5.74) is 2.44. The highest BCUT2D eigenvalue weighted by Gasteiger charge is 2.24. The summed E-state index contributed by atoms with van der Waals surface area (Å²) in [5.74, 6) is 0.619. The van der Waals surface area contributed by atoms with E-state index in [2.05, 4.69) is 31.2 Å². The van der Waals surface area contributed by atoms with Crippen molar-refractivity contribution in [2.45, 2.75) is 69.3 Å². The standard InChI is InChI=1S/C17H25ClO/c1-2-3-4-5-17(19)14-8-6-13(7-9-14)15-10-11-16(18)12-15/h6-9,15-17,19H,2-5,10-12H2,1H3. The summed E-state index contributed by atoms with van der Waals surface area (Å²) in [6.45, 7) is 2.19. The first-order valence-electron chi connectivity index (χ1n) is 7.62. The molecule has 1 aliphatic rings. The highest BCUT2D eigenvalue weighted by atomic mass is 35.5. The zero-order valence-corrected chi connectivity index (χ0v) is 12.6. The van der Waals surface area contributed by atoms with E-state index in [1.165, 1.54) is 24.8 Å². The summed E-state index contributed by atoms with van der Waals surface area (Å²) in [7, 11) is 0. The molecule has 0 amide bonds. The number of rotatable bonds is 6. The van der Waals surface area contributed by atoms with E-state index < -0.39 is 0 Å². The topological polar surface area (TPSA) is 20.2 Å². The van der Waals surface area contributed by atoms with Crippen molar-refractivity contribution in [1.29, 1.82) is 0 Å². The van der Waals surface area contributed by atoms with E-state index in [4.69, 9.17) is 11.6 Å². The molecule has 2 heteroatoms. The number of unbranched alkanes of at least 4 members (excludes halogenated alkanes) is 2. The molecule has 0 bridgehead atoms. The monoisotopic (exact) mass is 280 g/mol. The van der Waals surface area contributed by atoms with Crippen molar-refractivity contribution in [3.8, 4) is 0 Å². The van der Waals surface area contributed by atoms with Gasteiger partial charge in [-0.2, -0.15) is 0 Å². The van der Waals surface area contributed by atoms with Gasteiger partial charge < -0.3 is 5.11 Å². The molecule has 1 nitrogen and oxygen atoms in total. The van der Waals surface area contributed by atoms with Crippen LogP contribution in [0.4, 0.5) is 0 Å². The fourth-order valence-electron chi connectivity index (χ4n) is 2.97. The van der Waals surface area contributed by atoms with E-state index in [-0.39, 0.29) is 6.10 Å². The predicted molar refractivity (Wildman–Crippen MR) is 81.8 cm³/mol. The first kappa shape index (κ1) is 14.9. The van der Waals surface area contributed by atoms with Crippen molar-refractivity contribution in [2.24, 2.45) is 0 Å². The average molecular weight is 281 g/mol. The molecule has 2 rings (SSSR count). The van der Waals surface area contributed by atoms with Crippen LogP contribution in [0.1, 0.15) is 75.0 Å². The van der Waals surface area contributed by atoms with Gasteiger partial charge in [-0.3, -0.25) is 0 Å². The van der Waals surface area contributed by atoms with E-state index in [1.807, 2.05) is 0 Å². The summed E-state index contributed by atoms with van der Waals surface area (Å²) in [6.07, 6.45) is 7.52. The third-order valence-electron chi connectivity index (χ3n) is 4.24. The Morgan fingerprint density at radius 2 is 1.95 bits per heavy atom. The summed E-state index contributed by atoms with van der Waals surface area (Å²) in [6, 6.07) is 8.54. The second-order valence-corrected chi connectivity index (χ2v) is 6.40. The van der Waals surface area contributed by atoms with Crippen LogP contribution in [0.3, 0.4) is 0 Å². The molecule has 1 aliphatic carbocycles. The third kappa shape index (κ3) is 4.22. The summed E-state index contributed by atoms with van der Waals surface area (Å²) < 4.78 is 0. The van der Waals surface area contributed by atoms with E-state index in [1.54, 1.807) is 0 Å². The lowest BCUT2D eigenvalue weighted by molar-refractivity contribution is 0.163. The summed E-state index contributed by atoms with van der Waals surface area (Å²) in [5, 5.41) is 10.5. The number of halogens is 1. The van der Waals surface area contributed by atoms with E-state index in [9.17, 15) is 5.11 Å². The van der Waals surface area contributed by atoms with Crippen molar-refractivity contribution in [3.05, 3.63) is 35.4 Å². The second-order valence-electron chi connectivity index (χ2n) is 5.79. The molecule has 0 heterocycles. The van der Waals surface area contributed by atoms with Crippen molar-refractivity contribution in [3.63, 3.8) is 0 Å². The van der Waals surface area contributed by atoms with Crippen LogP contribution in [0, 0.1) is 0 Å². The fourth-order valence-corrected chi connectivity index (χ4v) is 3.31. The Bertz CT molecular complexity index is 373. The molecule has 1 N–H and O–H groups in total. The van der Waals surface area contributed by atoms with Crippen LogP contribution in [0.25, 0.3) is 0 Å². The molecule has 0 saturated heterocycles. The van der Waals surface area contributed by atoms with E-state index in [0.29, 0.717) is 11.3 Å². The minimum Gasteiger partial charge on any atom is -0.388 e. The summed E-state index contributed by atoms with van der Waals surface area (Å²) in [4.78, 5) is 0. The van der Waals surface area contributed by atoms with Gasteiger partial charge in [0.15, 0.2) is 0 Å². The van der Waals surface area contributed by atoms with Crippen LogP contribution in [0.2, 0.25) is 0 Å². The predicted octanol–water partition coefficient (Wildman–Crippen LogP) is 5.18. The molecule has 3 atom stereocenters. The van der Waals surface area contributed by atoms with Crippen LogP contribution in [0.15, 0.2) is 24.3 Å². The van der Waals surface area contributed by atoms with Gasteiger partial charge in [-0.05, 0) is 42.7 Å². The molecule has 0 spiro atoms. The van der Waals surface area contributed by atoms with Crippen LogP contribution in [-0.2, 0) is 0 Å². The lowest BCUT2D eigenvalue weighted by Crippen LogP contribution is -1.99. The Kier molecular flexibility index (Phi) is 5.72. The third-order valence-corrected chi connectivity index (χ3v) is 4.64. The van der Waals surface area contributed by atoms with Crippen LogP contribution in [-0.4, -0.2) is 10.5 Å². The first-order chi connectivity index (χ1) is 9.20. The largest absolute Gasteiger partial charge is 0.388 e. The normalized spacial score (nSPS) is 24.6. The van der Waals surface area contributed by atoms with Gasteiger partial charge in [0.2, 0.25) is 0 Å². The Balaban J connectivity index is 1.90. The summed E-state index contributed by atoms with van der Waals surface area (Å²) >= 11 is 6.17. The van der Waals surface area contributed by atoms with Gasteiger partial charge in [0.1, 0.15) is 0 Å². The fraction of sp³-hybridized carbons (Fsp3) is 0.647. The zero-order valence-electron chi connectivity index (χ0n) is 11.8. The molecule has 1 aromatic carbocycles. The zero-order chi connectivity index (χ0) is 13.7. The molecule has 1 saturated carbocycles. The van der Waals surface area contributed by atoms with Crippen LogP contribution in [0.5, 0.6) is 0 Å². The molecule has 1 aromatic rings. The Morgan fingerprint density at radius 3 is 2.53 bits per heavy atom. The van der Waals surface area contributed by atoms with Gasteiger partial charge in [0, 0.05) is 5.38 Å². The number of hydrogen-bond donors (Lipinski definition) is 1. The molecule has 0 aromatic heterocycles. The minimum atomic E-state index is -0.301. The Hall–Kier alpha value is -0.530. The number of hydrogen-bond acceptors (Lipinski definition) is 1. The van der Waals surface area contributed by atoms with Crippen molar-refractivity contribution < 1.29 is 5.11 Å². The highest BCUT2D eigenvalue weighted by Crippen LogP contribution is 2.37. The smallest absolute Gasteiger partial charge is 0.0790 e. The van der Waals surface area contributed by atoms with Crippen LogP contribution >= 0.6 is 11.6 Å². The second kappa shape index (κ2) is 7.31. The molecule has 0 radical (unpaired) electrons. The molecule has 1 fully saturated rings. The Morgan fingerprint density at radius 1 is 1.21 bits per heavy atom. The molecule has 0 aliphatic heterocycles.